The second kappa shape index (κ2) is 19.1. The normalized spacial score (nSPS) is 22.5. The number of nitrogens with zero attached hydrogens (tertiary/aromatic N) is 4. The summed E-state index contributed by atoms with van der Waals surface area (Å²) in [6.07, 6.45) is 15.6. The van der Waals surface area contributed by atoms with Gasteiger partial charge in [0.15, 0.2) is 0 Å². The SMILES string of the molecule is C.CC(C)(C)N1CCCC1.CC(C)(C)N1CCCCC1.CC(C)(C)N1CCCCC1.CC(C)N1CCCCC1. The molecular weight excluding hydrogens is 476 g/mol. The van der Waals surface area contributed by atoms with Gasteiger partial charge in [-0.15, -0.1) is 0 Å². The van der Waals surface area contributed by atoms with E-state index in [2.05, 4.69) is 95.8 Å². The van der Waals surface area contributed by atoms with Gasteiger partial charge in [0.05, 0.1) is 0 Å². The van der Waals surface area contributed by atoms with Crippen molar-refractivity contribution < 1.29 is 0 Å². The Hall–Kier alpha value is -0.160. The molecule has 0 unspecified atom stereocenters. The molecule has 4 aliphatic heterocycles. The quantitative estimate of drug-likeness (QED) is 0.322. The fourth-order valence-electron chi connectivity index (χ4n) is 5.95. The molecule has 0 amide bonds. The molecule has 0 aliphatic carbocycles. The Morgan fingerprint density at radius 2 is 0.564 bits per heavy atom. The fourth-order valence-corrected chi connectivity index (χ4v) is 5.95. The highest BCUT2D eigenvalue weighted by atomic mass is 15.2. The minimum absolute atomic E-state index is 0. The van der Waals surface area contributed by atoms with E-state index in [0.717, 1.165) is 6.04 Å². The van der Waals surface area contributed by atoms with Gasteiger partial charge in [-0.3, -0.25) is 14.7 Å². The van der Waals surface area contributed by atoms with E-state index < -0.39 is 0 Å². The predicted octanol–water partition coefficient (Wildman–Crippen LogP) is 8.94. The van der Waals surface area contributed by atoms with Crippen LogP contribution in [0.25, 0.3) is 0 Å². The van der Waals surface area contributed by atoms with Crippen LogP contribution in [0.5, 0.6) is 0 Å². The van der Waals surface area contributed by atoms with Crippen molar-refractivity contribution in [2.75, 3.05) is 52.4 Å². The van der Waals surface area contributed by atoms with Crippen molar-refractivity contribution in [3.63, 3.8) is 0 Å². The lowest BCUT2D eigenvalue weighted by molar-refractivity contribution is 0.110. The molecule has 0 radical (unpaired) electrons. The Kier molecular flexibility index (Phi) is 19.0. The van der Waals surface area contributed by atoms with Crippen molar-refractivity contribution in [2.45, 2.75) is 177 Å². The van der Waals surface area contributed by atoms with E-state index in [4.69, 9.17) is 0 Å². The third kappa shape index (κ3) is 17.4. The standard InChI is InChI=1S/2C9H19N.2C8H17N.CH4/c2*1-9(2,3)10-7-5-4-6-8-10;1-8(2,3)9-6-4-5-7-9;1-8(2)9-6-4-3-5-7-9;/h2*4-8H2,1-3H3;4-7H2,1-3H3;8H,3-7H2,1-2H3;1H4. The molecule has 236 valence electrons. The molecule has 4 saturated heterocycles. The monoisotopic (exact) mass is 553 g/mol. The van der Waals surface area contributed by atoms with Crippen LogP contribution in [-0.4, -0.2) is 94.6 Å². The van der Waals surface area contributed by atoms with Crippen LogP contribution in [0.2, 0.25) is 0 Å². The van der Waals surface area contributed by atoms with Crippen molar-refractivity contribution >= 4 is 0 Å². The number of piperidine rings is 3. The largest absolute Gasteiger partial charge is 0.301 e. The molecule has 4 aliphatic rings. The van der Waals surface area contributed by atoms with Crippen molar-refractivity contribution in [3.8, 4) is 0 Å². The number of hydrogen-bond donors (Lipinski definition) is 0. The molecule has 0 aromatic heterocycles. The summed E-state index contributed by atoms with van der Waals surface area (Å²) in [5.41, 5.74) is 1.22. The second-order valence-corrected chi connectivity index (χ2v) is 15.5. The first-order chi connectivity index (χ1) is 17.6. The summed E-state index contributed by atoms with van der Waals surface area (Å²) in [5.74, 6) is 0. The second-order valence-electron chi connectivity index (χ2n) is 15.5. The summed E-state index contributed by atoms with van der Waals surface area (Å²) in [6.45, 7) is 35.8. The summed E-state index contributed by atoms with van der Waals surface area (Å²) in [4.78, 5) is 10.3. The average molecular weight is 553 g/mol. The summed E-state index contributed by atoms with van der Waals surface area (Å²) >= 11 is 0. The van der Waals surface area contributed by atoms with E-state index in [1.54, 1.807) is 0 Å². The van der Waals surface area contributed by atoms with Gasteiger partial charge >= 0.3 is 0 Å². The van der Waals surface area contributed by atoms with Gasteiger partial charge in [-0.05, 0) is 180 Å². The van der Waals surface area contributed by atoms with E-state index in [0.29, 0.717) is 16.6 Å². The number of rotatable bonds is 1. The molecule has 0 aromatic carbocycles. The Morgan fingerprint density at radius 3 is 0.718 bits per heavy atom. The van der Waals surface area contributed by atoms with E-state index in [9.17, 15) is 0 Å². The molecular formula is C35H76N4. The number of likely N-dealkylation sites (tertiary alicyclic amines) is 4. The Labute approximate surface area is 248 Å². The lowest BCUT2D eigenvalue weighted by Gasteiger charge is -2.38. The van der Waals surface area contributed by atoms with Crippen LogP contribution in [0.15, 0.2) is 0 Å². The molecule has 0 N–H and O–H groups in total. The highest BCUT2D eigenvalue weighted by Crippen LogP contribution is 2.21. The molecule has 0 bridgehead atoms. The smallest absolute Gasteiger partial charge is 0.0125 e. The van der Waals surface area contributed by atoms with Crippen LogP contribution in [0, 0.1) is 0 Å². The lowest BCUT2D eigenvalue weighted by Crippen LogP contribution is -2.44. The molecule has 0 spiro atoms. The fraction of sp³-hybridized carbons (Fsp3) is 1.00. The zero-order valence-electron chi connectivity index (χ0n) is 28.3. The molecule has 4 heterocycles. The van der Waals surface area contributed by atoms with Crippen LogP contribution < -0.4 is 0 Å². The molecule has 4 fully saturated rings. The van der Waals surface area contributed by atoms with Crippen molar-refractivity contribution in [3.05, 3.63) is 0 Å². The van der Waals surface area contributed by atoms with Crippen LogP contribution in [0.1, 0.15) is 154 Å². The van der Waals surface area contributed by atoms with Gasteiger partial charge in [0.2, 0.25) is 0 Å². The van der Waals surface area contributed by atoms with Crippen molar-refractivity contribution in [1.82, 2.24) is 19.6 Å². The first kappa shape index (κ1) is 38.8. The lowest BCUT2D eigenvalue weighted by atomic mass is 10.0. The highest BCUT2D eigenvalue weighted by Gasteiger charge is 2.24. The Morgan fingerprint density at radius 1 is 0.359 bits per heavy atom. The molecule has 4 nitrogen and oxygen atoms in total. The predicted molar refractivity (Wildman–Crippen MR) is 178 cm³/mol. The number of hydrogen-bond acceptors (Lipinski definition) is 4. The zero-order chi connectivity index (χ0) is 28.8. The zero-order valence-corrected chi connectivity index (χ0v) is 28.3. The molecule has 0 aromatic rings. The minimum atomic E-state index is 0. The van der Waals surface area contributed by atoms with Gasteiger partial charge in [-0.2, -0.15) is 0 Å². The maximum atomic E-state index is 2.58. The summed E-state index contributed by atoms with van der Waals surface area (Å²) in [5, 5.41) is 0. The van der Waals surface area contributed by atoms with Gasteiger partial charge in [-0.1, -0.05) is 26.7 Å². The Bertz CT molecular complexity index is 529. The first-order valence-corrected chi connectivity index (χ1v) is 16.6. The molecule has 39 heavy (non-hydrogen) atoms. The first-order valence-electron chi connectivity index (χ1n) is 16.6. The molecule has 0 saturated carbocycles. The molecule has 0 atom stereocenters. The average Bonchev–Trinajstić information content (AvgIpc) is 3.42. The third-order valence-electron chi connectivity index (χ3n) is 8.79. The van der Waals surface area contributed by atoms with Gasteiger partial charge < -0.3 is 4.90 Å². The topological polar surface area (TPSA) is 13.0 Å². The van der Waals surface area contributed by atoms with E-state index in [-0.39, 0.29) is 7.43 Å². The third-order valence-corrected chi connectivity index (χ3v) is 8.79. The van der Waals surface area contributed by atoms with Crippen LogP contribution in [-0.2, 0) is 0 Å². The maximum Gasteiger partial charge on any atom is 0.0125 e. The van der Waals surface area contributed by atoms with E-state index in [1.807, 2.05) is 0 Å². The van der Waals surface area contributed by atoms with Crippen molar-refractivity contribution in [1.29, 1.82) is 0 Å². The van der Waals surface area contributed by atoms with Gasteiger partial charge in [-0.25, -0.2) is 0 Å². The summed E-state index contributed by atoms with van der Waals surface area (Å²) < 4.78 is 0. The van der Waals surface area contributed by atoms with Gasteiger partial charge in [0.1, 0.15) is 0 Å². The van der Waals surface area contributed by atoms with Crippen LogP contribution in [0.3, 0.4) is 0 Å². The van der Waals surface area contributed by atoms with Gasteiger partial charge in [0, 0.05) is 22.7 Å². The van der Waals surface area contributed by atoms with E-state index in [1.165, 1.54) is 123 Å². The Balaban J connectivity index is 0.000000490. The maximum absolute atomic E-state index is 2.58. The summed E-state index contributed by atoms with van der Waals surface area (Å²) in [6, 6.07) is 0.769. The summed E-state index contributed by atoms with van der Waals surface area (Å²) in [7, 11) is 0. The van der Waals surface area contributed by atoms with E-state index >= 15 is 0 Å². The van der Waals surface area contributed by atoms with Gasteiger partial charge in [0.25, 0.3) is 0 Å². The highest BCUT2D eigenvalue weighted by molar-refractivity contribution is 4.80. The van der Waals surface area contributed by atoms with Crippen LogP contribution >= 0.6 is 0 Å². The van der Waals surface area contributed by atoms with Crippen molar-refractivity contribution in [2.24, 2.45) is 0 Å². The molecule has 4 heteroatoms. The molecule has 4 rings (SSSR count). The van der Waals surface area contributed by atoms with Crippen LogP contribution in [0.4, 0.5) is 0 Å². The minimum Gasteiger partial charge on any atom is -0.301 e.